The number of benzene rings is 1. The van der Waals surface area contributed by atoms with Gasteiger partial charge in [0.1, 0.15) is 0 Å². The molecule has 1 saturated carbocycles. The molecule has 1 heterocycles. The number of anilines is 1. The summed E-state index contributed by atoms with van der Waals surface area (Å²) >= 11 is 0. The molecule has 1 atom stereocenters. The number of rotatable bonds is 2. The van der Waals surface area contributed by atoms with Crippen molar-refractivity contribution in [2.75, 3.05) is 18.4 Å². The molecule has 2 fully saturated rings. The van der Waals surface area contributed by atoms with Crippen LogP contribution in [0.15, 0.2) is 18.2 Å². The van der Waals surface area contributed by atoms with Gasteiger partial charge in [-0.3, -0.25) is 4.79 Å². The summed E-state index contributed by atoms with van der Waals surface area (Å²) < 4.78 is 0. The van der Waals surface area contributed by atoms with Crippen LogP contribution in [0.3, 0.4) is 0 Å². The van der Waals surface area contributed by atoms with Crippen LogP contribution in [0.4, 0.5) is 5.69 Å². The molecule has 1 spiro atoms. The van der Waals surface area contributed by atoms with Crippen LogP contribution >= 0.6 is 12.4 Å². The Balaban J connectivity index is 0.00000147. The number of hydrogen-bond donors (Lipinski definition) is 2. The molecule has 2 N–H and O–H groups in total. The fourth-order valence-electron chi connectivity index (χ4n) is 3.42. The fraction of sp³-hybridized carbons (Fsp3) is 0.562. The highest BCUT2D eigenvalue weighted by atomic mass is 35.5. The second-order valence-electron chi connectivity index (χ2n) is 6.13. The predicted molar refractivity (Wildman–Crippen MR) is 84.4 cm³/mol. The van der Waals surface area contributed by atoms with Crippen molar-refractivity contribution in [2.45, 2.75) is 33.1 Å². The molecule has 4 heteroatoms. The van der Waals surface area contributed by atoms with Gasteiger partial charge in [-0.15, -0.1) is 12.4 Å². The molecule has 0 radical (unpaired) electrons. The van der Waals surface area contributed by atoms with Crippen LogP contribution in [0.2, 0.25) is 0 Å². The van der Waals surface area contributed by atoms with Crippen LogP contribution in [0.1, 0.15) is 30.4 Å². The van der Waals surface area contributed by atoms with Crippen molar-refractivity contribution in [3.8, 4) is 0 Å². The summed E-state index contributed by atoms with van der Waals surface area (Å²) in [5.41, 5.74) is 3.61. The highest BCUT2D eigenvalue weighted by molar-refractivity contribution is 5.96. The molecule has 1 aromatic carbocycles. The van der Waals surface area contributed by atoms with Gasteiger partial charge in [-0.2, -0.15) is 0 Å². The Labute approximate surface area is 126 Å². The SMILES string of the molecule is Cc1cccc(C)c1NC(=O)C1CC12CCNCC2.Cl. The van der Waals surface area contributed by atoms with E-state index in [9.17, 15) is 4.79 Å². The van der Waals surface area contributed by atoms with Crippen LogP contribution in [-0.4, -0.2) is 19.0 Å². The van der Waals surface area contributed by atoms with E-state index in [1.54, 1.807) is 0 Å². The van der Waals surface area contributed by atoms with Crippen molar-refractivity contribution < 1.29 is 4.79 Å². The van der Waals surface area contributed by atoms with Crippen molar-refractivity contribution >= 4 is 24.0 Å². The maximum absolute atomic E-state index is 12.4. The number of amides is 1. The van der Waals surface area contributed by atoms with Crippen LogP contribution in [0.25, 0.3) is 0 Å². The molecule has 2 aliphatic rings. The number of aryl methyl sites for hydroxylation is 2. The van der Waals surface area contributed by atoms with E-state index < -0.39 is 0 Å². The normalized spacial score (nSPS) is 23.0. The van der Waals surface area contributed by atoms with Crippen molar-refractivity contribution in [1.29, 1.82) is 0 Å². The summed E-state index contributed by atoms with van der Waals surface area (Å²) in [6.07, 6.45) is 3.38. The van der Waals surface area contributed by atoms with Crippen LogP contribution in [0, 0.1) is 25.2 Å². The standard InChI is InChI=1S/C16H22N2O.ClH/c1-11-4-3-5-12(2)14(11)18-15(19)13-10-16(13)6-8-17-9-7-16;/h3-5,13,17H,6-10H2,1-2H3,(H,18,19);1H. The molecule has 1 aliphatic carbocycles. The number of halogens is 1. The van der Waals surface area contributed by atoms with E-state index in [0.717, 1.165) is 49.2 Å². The molecule has 3 nitrogen and oxygen atoms in total. The summed E-state index contributed by atoms with van der Waals surface area (Å²) in [5, 5.41) is 6.53. The third kappa shape index (κ3) is 2.70. The number of hydrogen-bond acceptors (Lipinski definition) is 2. The van der Waals surface area contributed by atoms with E-state index in [4.69, 9.17) is 0 Å². The van der Waals surface area contributed by atoms with Crippen LogP contribution in [-0.2, 0) is 4.79 Å². The van der Waals surface area contributed by atoms with Gasteiger partial charge in [0.25, 0.3) is 0 Å². The summed E-state index contributed by atoms with van der Waals surface area (Å²) in [5.74, 6) is 0.452. The molecule has 1 aliphatic heterocycles. The highest BCUT2D eigenvalue weighted by Gasteiger charge is 2.57. The molecule has 1 aromatic rings. The van der Waals surface area contributed by atoms with Crippen molar-refractivity contribution in [3.63, 3.8) is 0 Å². The van der Waals surface area contributed by atoms with Gasteiger partial charge in [-0.1, -0.05) is 18.2 Å². The molecular formula is C16H23ClN2O. The first-order valence-corrected chi connectivity index (χ1v) is 7.20. The first kappa shape index (κ1) is 15.3. The minimum absolute atomic E-state index is 0. The van der Waals surface area contributed by atoms with Gasteiger partial charge < -0.3 is 10.6 Å². The first-order chi connectivity index (χ1) is 9.12. The Morgan fingerprint density at radius 1 is 1.25 bits per heavy atom. The smallest absolute Gasteiger partial charge is 0.228 e. The first-order valence-electron chi connectivity index (χ1n) is 7.20. The highest BCUT2D eigenvalue weighted by Crippen LogP contribution is 2.58. The second kappa shape index (κ2) is 5.74. The van der Waals surface area contributed by atoms with Gasteiger partial charge in [0, 0.05) is 11.6 Å². The zero-order chi connectivity index (χ0) is 13.5. The number of carbonyl (C=O) groups is 1. The van der Waals surface area contributed by atoms with Crippen molar-refractivity contribution in [3.05, 3.63) is 29.3 Å². The predicted octanol–water partition coefficient (Wildman–Crippen LogP) is 3.05. The maximum atomic E-state index is 12.4. The van der Waals surface area contributed by atoms with E-state index in [1.165, 1.54) is 0 Å². The molecular weight excluding hydrogens is 272 g/mol. The summed E-state index contributed by atoms with van der Waals surface area (Å²) in [6.45, 7) is 6.23. The Hall–Kier alpha value is -1.06. The van der Waals surface area contributed by atoms with Crippen molar-refractivity contribution in [1.82, 2.24) is 5.32 Å². The molecule has 1 amide bonds. The zero-order valence-corrected chi connectivity index (χ0v) is 13.0. The zero-order valence-electron chi connectivity index (χ0n) is 12.2. The summed E-state index contributed by atoms with van der Waals surface area (Å²) in [4.78, 5) is 12.4. The van der Waals surface area contributed by atoms with E-state index in [2.05, 4.69) is 36.6 Å². The van der Waals surface area contributed by atoms with Gasteiger partial charge >= 0.3 is 0 Å². The Bertz CT molecular complexity index is 489. The summed E-state index contributed by atoms with van der Waals surface area (Å²) in [6, 6.07) is 6.14. The molecule has 1 unspecified atom stereocenters. The van der Waals surface area contributed by atoms with Crippen molar-refractivity contribution in [2.24, 2.45) is 11.3 Å². The lowest BCUT2D eigenvalue weighted by Crippen LogP contribution is -2.31. The minimum Gasteiger partial charge on any atom is -0.325 e. The van der Waals surface area contributed by atoms with Crippen LogP contribution in [0.5, 0.6) is 0 Å². The minimum atomic E-state index is 0. The van der Waals surface area contributed by atoms with E-state index >= 15 is 0 Å². The van der Waals surface area contributed by atoms with Gasteiger partial charge in [0.15, 0.2) is 0 Å². The van der Waals surface area contributed by atoms with E-state index in [1.807, 2.05) is 6.07 Å². The van der Waals surface area contributed by atoms with Gasteiger partial charge in [-0.25, -0.2) is 0 Å². The second-order valence-corrected chi connectivity index (χ2v) is 6.13. The van der Waals surface area contributed by atoms with Gasteiger partial charge in [0.2, 0.25) is 5.91 Å². The van der Waals surface area contributed by atoms with Gasteiger partial charge in [0.05, 0.1) is 0 Å². The Morgan fingerprint density at radius 3 is 2.45 bits per heavy atom. The lowest BCUT2D eigenvalue weighted by atomic mass is 9.91. The summed E-state index contributed by atoms with van der Waals surface area (Å²) in [7, 11) is 0. The quantitative estimate of drug-likeness (QED) is 0.880. The monoisotopic (exact) mass is 294 g/mol. The Morgan fingerprint density at radius 2 is 1.85 bits per heavy atom. The molecule has 20 heavy (non-hydrogen) atoms. The molecule has 110 valence electrons. The fourth-order valence-corrected chi connectivity index (χ4v) is 3.42. The number of nitrogens with one attached hydrogen (secondary N) is 2. The van der Waals surface area contributed by atoms with E-state index in [0.29, 0.717) is 5.41 Å². The van der Waals surface area contributed by atoms with E-state index in [-0.39, 0.29) is 24.2 Å². The number of carbonyl (C=O) groups excluding carboxylic acids is 1. The average Bonchev–Trinajstić information content (AvgIpc) is 3.08. The number of para-hydroxylation sites is 1. The molecule has 1 saturated heterocycles. The molecule has 0 bridgehead atoms. The number of piperidine rings is 1. The Kier molecular flexibility index (Phi) is 4.40. The topological polar surface area (TPSA) is 41.1 Å². The lowest BCUT2D eigenvalue weighted by molar-refractivity contribution is -0.118. The molecule has 0 aromatic heterocycles. The lowest BCUT2D eigenvalue weighted by Gasteiger charge is -2.23. The van der Waals surface area contributed by atoms with Gasteiger partial charge in [-0.05, 0) is 62.7 Å². The van der Waals surface area contributed by atoms with Crippen LogP contribution < -0.4 is 10.6 Å². The molecule has 3 rings (SSSR count). The largest absolute Gasteiger partial charge is 0.325 e. The average molecular weight is 295 g/mol. The third-order valence-corrected chi connectivity index (χ3v) is 4.83. The third-order valence-electron chi connectivity index (χ3n) is 4.83. The maximum Gasteiger partial charge on any atom is 0.228 e.